The maximum Gasteiger partial charge on any atom is 0.271 e. The highest BCUT2D eigenvalue weighted by molar-refractivity contribution is 5.52. The van der Waals surface area contributed by atoms with Crippen molar-refractivity contribution in [3.8, 4) is 11.5 Å². The first kappa shape index (κ1) is 17.3. The van der Waals surface area contributed by atoms with Crippen LogP contribution in [0.5, 0.6) is 11.5 Å². The van der Waals surface area contributed by atoms with Crippen LogP contribution in [0.4, 0.5) is 11.4 Å². The summed E-state index contributed by atoms with van der Waals surface area (Å²) in [7, 11) is 0. The van der Waals surface area contributed by atoms with Crippen molar-refractivity contribution in [2.75, 3.05) is 18.5 Å². The van der Waals surface area contributed by atoms with E-state index in [9.17, 15) is 10.1 Å². The summed E-state index contributed by atoms with van der Waals surface area (Å²) in [6, 6.07) is 12.1. The molecule has 0 aliphatic carbocycles. The molecule has 0 aliphatic heterocycles. The maximum atomic E-state index is 10.8. The first-order valence-corrected chi connectivity index (χ1v) is 7.61. The van der Waals surface area contributed by atoms with Gasteiger partial charge in [0.2, 0.25) is 0 Å². The van der Waals surface area contributed by atoms with E-state index >= 15 is 0 Å². The minimum absolute atomic E-state index is 0.0585. The van der Waals surface area contributed by atoms with Crippen LogP contribution in [0.25, 0.3) is 0 Å². The second kappa shape index (κ2) is 8.57. The lowest BCUT2D eigenvalue weighted by Crippen LogP contribution is -2.03. The summed E-state index contributed by atoms with van der Waals surface area (Å²) in [5.41, 5.74) is 1.73. The van der Waals surface area contributed by atoms with Crippen LogP contribution in [0.15, 0.2) is 55.1 Å². The first-order valence-electron chi connectivity index (χ1n) is 7.61. The number of nitro groups is 1. The average molecular weight is 328 g/mol. The highest BCUT2D eigenvalue weighted by atomic mass is 16.6. The van der Waals surface area contributed by atoms with Crippen LogP contribution in [0.2, 0.25) is 0 Å². The Kier molecular flexibility index (Phi) is 6.19. The smallest absolute Gasteiger partial charge is 0.271 e. The molecule has 0 amide bonds. The number of ether oxygens (including phenoxy) is 2. The molecule has 2 aromatic carbocycles. The van der Waals surface area contributed by atoms with Gasteiger partial charge in [-0.15, -0.1) is 0 Å². The number of hydrogen-bond acceptors (Lipinski definition) is 5. The van der Waals surface area contributed by atoms with E-state index in [-0.39, 0.29) is 5.69 Å². The molecule has 0 fully saturated rings. The normalized spacial score (nSPS) is 10.0. The zero-order valence-electron chi connectivity index (χ0n) is 13.5. The van der Waals surface area contributed by atoms with Crippen molar-refractivity contribution >= 4 is 11.4 Å². The van der Waals surface area contributed by atoms with Gasteiger partial charge < -0.3 is 14.8 Å². The summed E-state index contributed by atoms with van der Waals surface area (Å²) in [6.45, 7) is 6.99. The van der Waals surface area contributed by atoms with Crippen LogP contribution in [-0.2, 0) is 6.54 Å². The van der Waals surface area contributed by atoms with E-state index in [2.05, 4.69) is 11.9 Å². The molecule has 6 heteroatoms. The van der Waals surface area contributed by atoms with Crippen LogP contribution in [-0.4, -0.2) is 18.1 Å². The highest BCUT2D eigenvalue weighted by Gasteiger charge is 2.08. The standard InChI is InChI=1S/C18H20N2O4/c1-3-10-24-17-9-8-14(11-18(17)23-4-2)13-19-15-6-5-7-16(12-15)20(21)22/h3,5-9,11-12,19H,1,4,10,13H2,2H3. The number of nitrogens with zero attached hydrogens (tertiary/aromatic N) is 1. The van der Waals surface area contributed by atoms with Gasteiger partial charge in [-0.25, -0.2) is 0 Å². The van der Waals surface area contributed by atoms with Gasteiger partial charge in [-0.05, 0) is 30.7 Å². The molecule has 24 heavy (non-hydrogen) atoms. The van der Waals surface area contributed by atoms with E-state index in [1.807, 2.05) is 25.1 Å². The molecule has 6 nitrogen and oxygen atoms in total. The molecule has 0 radical (unpaired) electrons. The number of rotatable bonds is 9. The fraction of sp³-hybridized carbons (Fsp3) is 0.222. The molecular weight excluding hydrogens is 308 g/mol. The molecule has 0 aliphatic rings. The summed E-state index contributed by atoms with van der Waals surface area (Å²) < 4.78 is 11.2. The van der Waals surface area contributed by atoms with Crippen LogP contribution in [0, 0.1) is 10.1 Å². The van der Waals surface area contributed by atoms with Crippen LogP contribution in [0.1, 0.15) is 12.5 Å². The Morgan fingerprint density at radius 2 is 2.04 bits per heavy atom. The molecule has 0 saturated carbocycles. The van der Waals surface area contributed by atoms with E-state index in [1.54, 1.807) is 18.2 Å². The van der Waals surface area contributed by atoms with Gasteiger partial charge in [0, 0.05) is 24.4 Å². The third-order valence-electron chi connectivity index (χ3n) is 3.22. The second-order valence-corrected chi connectivity index (χ2v) is 4.97. The summed E-state index contributed by atoms with van der Waals surface area (Å²) in [4.78, 5) is 10.4. The van der Waals surface area contributed by atoms with Crippen LogP contribution >= 0.6 is 0 Å². The van der Waals surface area contributed by atoms with E-state index in [0.717, 1.165) is 5.56 Å². The van der Waals surface area contributed by atoms with Crippen LogP contribution in [0.3, 0.4) is 0 Å². The summed E-state index contributed by atoms with van der Waals surface area (Å²) in [5.74, 6) is 1.33. The number of non-ortho nitro benzene ring substituents is 1. The number of anilines is 1. The third-order valence-corrected chi connectivity index (χ3v) is 3.22. The maximum absolute atomic E-state index is 10.8. The minimum atomic E-state index is -0.413. The van der Waals surface area contributed by atoms with Gasteiger partial charge in [0.25, 0.3) is 5.69 Å². The second-order valence-electron chi connectivity index (χ2n) is 4.97. The topological polar surface area (TPSA) is 73.6 Å². The average Bonchev–Trinajstić information content (AvgIpc) is 2.59. The van der Waals surface area contributed by atoms with Gasteiger partial charge in [0.05, 0.1) is 11.5 Å². The van der Waals surface area contributed by atoms with E-state index < -0.39 is 4.92 Å². The molecule has 0 heterocycles. The molecule has 0 spiro atoms. The number of nitrogens with one attached hydrogen (secondary N) is 1. The van der Waals surface area contributed by atoms with Crippen molar-refractivity contribution in [3.63, 3.8) is 0 Å². The van der Waals surface area contributed by atoms with Gasteiger partial charge in [-0.2, -0.15) is 0 Å². The molecule has 2 aromatic rings. The molecular formula is C18H20N2O4. The Morgan fingerprint density at radius 1 is 1.21 bits per heavy atom. The van der Waals surface area contributed by atoms with E-state index in [0.29, 0.717) is 36.9 Å². The van der Waals surface area contributed by atoms with Crippen molar-refractivity contribution in [2.45, 2.75) is 13.5 Å². The van der Waals surface area contributed by atoms with Crippen molar-refractivity contribution in [2.24, 2.45) is 0 Å². The van der Waals surface area contributed by atoms with Crippen molar-refractivity contribution in [1.82, 2.24) is 0 Å². The summed E-state index contributed by atoms with van der Waals surface area (Å²) in [5, 5.41) is 14.0. The van der Waals surface area contributed by atoms with Crippen molar-refractivity contribution in [3.05, 3.63) is 70.8 Å². The Morgan fingerprint density at radius 3 is 2.75 bits per heavy atom. The SMILES string of the molecule is C=CCOc1ccc(CNc2cccc([N+](=O)[O-])c2)cc1OCC. The Hall–Kier alpha value is -3.02. The molecule has 126 valence electrons. The molecule has 2 rings (SSSR count). The monoisotopic (exact) mass is 328 g/mol. The number of benzene rings is 2. The lowest BCUT2D eigenvalue weighted by molar-refractivity contribution is -0.384. The molecule has 0 saturated heterocycles. The first-order chi connectivity index (χ1) is 11.6. The Balaban J connectivity index is 2.09. The zero-order chi connectivity index (χ0) is 17.4. The minimum Gasteiger partial charge on any atom is -0.490 e. The number of nitro benzene ring substituents is 1. The van der Waals surface area contributed by atoms with E-state index in [4.69, 9.17) is 9.47 Å². The predicted octanol–water partition coefficient (Wildman–Crippen LogP) is 4.17. The quantitative estimate of drug-likeness (QED) is 0.425. The zero-order valence-corrected chi connectivity index (χ0v) is 13.5. The Bertz CT molecular complexity index is 716. The Labute approximate surface area is 140 Å². The summed E-state index contributed by atoms with van der Waals surface area (Å²) in [6.07, 6.45) is 1.67. The van der Waals surface area contributed by atoms with Crippen molar-refractivity contribution < 1.29 is 14.4 Å². The molecule has 1 N–H and O–H groups in total. The summed E-state index contributed by atoms with van der Waals surface area (Å²) >= 11 is 0. The van der Waals surface area contributed by atoms with Crippen molar-refractivity contribution in [1.29, 1.82) is 0 Å². The van der Waals surface area contributed by atoms with Gasteiger partial charge in [0.1, 0.15) is 6.61 Å². The molecule has 0 atom stereocenters. The highest BCUT2D eigenvalue weighted by Crippen LogP contribution is 2.29. The van der Waals surface area contributed by atoms with Gasteiger partial charge in [0.15, 0.2) is 11.5 Å². The molecule has 0 bridgehead atoms. The largest absolute Gasteiger partial charge is 0.490 e. The fourth-order valence-corrected chi connectivity index (χ4v) is 2.13. The third kappa shape index (κ3) is 4.74. The van der Waals surface area contributed by atoms with E-state index in [1.165, 1.54) is 12.1 Å². The lowest BCUT2D eigenvalue weighted by Gasteiger charge is -2.13. The molecule has 0 unspecified atom stereocenters. The van der Waals surface area contributed by atoms with Crippen LogP contribution < -0.4 is 14.8 Å². The number of hydrogen-bond donors (Lipinski definition) is 1. The van der Waals surface area contributed by atoms with Gasteiger partial charge in [-0.1, -0.05) is 24.8 Å². The predicted molar refractivity (Wildman–Crippen MR) is 93.7 cm³/mol. The van der Waals surface area contributed by atoms with Gasteiger partial charge >= 0.3 is 0 Å². The lowest BCUT2D eigenvalue weighted by atomic mass is 10.2. The molecule has 0 aromatic heterocycles. The fourth-order valence-electron chi connectivity index (χ4n) is 2.13. The van der Waals surface area contributed by atoms with Gasteiger partial charge in [-0.3, -0.25) is 10.1 Å².